The molecule has 0 aliphatic heterocycles. The molecule has 1 saturated carbocycles. The van der Waals surface area contributed by atoms with E-state index in [1.807, 2.05) is 0 Å². The molecule has 8 nitrogen and oxygen atoms in total. The summed E-state index contributed by atoms with van der Waals surface area (Å²) in [5, 5.41) is 0. The van der Waals surface area contributed by atoms with E-state index in [0.29, 0.717) is 11.8 Å². The van der Waals surface area contributed by atoms with Crippen molar-refractivity contribution in [2.45, 2.75) is 51.3 Å². The third-order valence-electron chi connectivity index (χ3n) is 4.09. The summed E-state index contributed by atoms with van der Waals surface area (Å²) in [7, 11) is 1.17. The number of nitrogens with two attached hydrogens (primary N) is 2. The molecule has 1 aliphatic rings. The molecule has 0 radical (unpaired) electrons. The number of rotatable bonds is 7. The first-order valence-electron chi connectivity index (χ1n) is 7.71. The summed E-state index contributed by atoms with van der Waals surface area (Å²) in [6.07, 6.45) is 1.83. The topological polar surface area (TPSA) is 131 Å². The molecule has 0 aromatic carbocycles. The van der Waals surface area contributed by atoms with E-state index in [1.54, 1.807) is 0 Å². The van der Waals surface area contributed by atoms with E-state index < -0.39 is 30.0 Å². The molecule has 0 heterocycles. The quantitative estimate of drug-likeness (QED) is 0.481. The van der Waals surface area contributed by atoms with Gasteiger partial charge in [0, 0.05) is 0 Å². The monoisotopic (exact) mass is 330 g/mol. The van der Waals surface area contributed by atoms with Crippen molar-refractivity contribution in [2.24, 2.45) is 23.3 Å². The van der Waals surface area contributed by atoms with Gasteiger partial charge in [-0.05, 0) is 24.7 Å². The molecule has 2 unspecified atom stereocenters. The minimum atomic E-state index is -1.27. The second-order valence-corrected chi connectivity index (χ2v) is 6.06. The van der Waals surface area contributed by atoms with Gasteiger partial charge >= 0.3 is 17.9 Å². The van der Waals surface area contributed by atoms with E-state index in [4.69, 9.17) is 16.2 Å². The first-order chi connectivity index (χ1) is 10.8. The van der Waals surface area contributed by atoms with Crippen molar-refractivity contribution in [3.63, 3.8) is 0 Å². The van der Waals surface area contributed by atoms with Crippen LogP contribution < -0.4 is 11.5 Å². The van der Waals surface area contributed by atoms with Gasteiger partial charge in [-0.3, -0.25) is 4.79 Å². The Morgan fingerprint density at radius 1 is 1.04 bits per heavy atom. The first kappa shape index (κ1) is 19.5. The number of ether oxygens (including phenoxy) is 3. The average molecular weight is 330 g/mol. The summed E-state index contributed by atoms with van der Waals surface area (Å²) in [4.78, 5) is 34.4. The zero-order valence-corrected chi connectivity index (χ0v) is 13.8. The molecule has 0 bridgehead atoms. The lowest BCUT2D eigenvalue weighted by atomic mass is 10.0. The summed E-state index contributed by atoms with van der Waals surface area (Å²) in [6.45, 7) is 4.15. The number of hydrogen-bond donors (Lipinski definition) is 2. The van der Waals surface area contributed by atoms with Crippen LogP contribution in [-0.2, 0) is 28.6 Å². The van der Waals surface area contributed by atoms with Gasteiger partial charge in [0.05, 0.1) is 26.2 Å². The van der Waals surface area contributed by atoms with Gasteiger partial charge < -0.3 is 25.7 Å². The highest BCUT2D eigenvalue weighted by atomic mass is 16.6. The number of carbonyl (C=O) groups excluding carboxylic acids is 3. The number of esters is 3. The van der Waals surface area contributed by atoms with Crippen LogP contribution in [-0.4, -0.2) is 49.8 Å². The van der Waals surface area contributed by atoms with Crippen molar-refractivity contribution < 1.29 is 28.6 Å². The van der Waals surface area contributed by atoms with Crippen LogP contribution in [0.25, 0.3) is 0 Å². The van der Waals surface area contributed by atoms with Gasteiger partial charge in [0.1, 0.15) is 12.1 Å². The molecular weight excluding hydrogens is 304 g/mol. The summed E-state index contributed by atoms with van der Waals surface area (Å²) in [6, 6.07) is -2.35. The molecule has 0 aromatic heterocycles. The van der Waals surface area contributed by atoms with Crippen LogP contribution in [0.15, 0.2) is 0 Å². The Bertz CT molecular complexity index is 432. The van der Waals surface area contributed by atoms with Crippen LogP contribution >= 0.6 is 0 Å². The Kier molecular flexibility index (Phi) is 7.60. The highest BCUT2D eigenvalue weighted by molar-refractivity contribution is 5.92. The fourth-order valence-corrected chi connectivity index (χ4v) is 2.62. The lowest BCUT2D eigenvalue weighted by Crippen LogP contribution is -2.43. The normalized spacial score (nSPS) is 26.4. The van der Waals surface area contributed by atoms with Crippen molar-refractivity contribution in [3.05, 3.63) is 0 Å². The van der Waals surface area contributed by atoms with E-state index in [2.05, 4.69) is 23.3 Å². The van der Waals surface area contributed by atoms with E-state index in [0.717, 1.165) is 12.8 Å². The fraction of sp³-hybridized carbons (Fsp3) is 0.800. The molecule has 1 aliphatic carbocycles. The minimum Gasteiger partial charge on any atom is -0.469 e. The molecule has 4 atom stereocenters. The molecule has 0 aromatic rings. The smallest absolute Gasteiger partial charge is 0.333 e. The van der Waals surface area contributed by atoms with E-state index in [-0.39, 0.29) is 19.1 Å². The number of carbonyl (C=O) groups is 3. The molecule has 8 heteroatoms. The molecule has 0 spiro atoms. The Hall–Kier alpha value is -1.51. The van der Waals surface area contributed by atoms with Crippen molar-refractivity contribution in [3.8, 4) is 0 Å². The third kappa shape index (κ3) is 5.89. The lowest BCUT2D eigenvalue weighted by molar-refractivity contribution is -0.164. The van der Waals surface area contributed by atoms with E-state index in [1.165, 1.54) is 7.11 Å². The van der Waals surface area contributed by atoms with Gasteiger partial charge in [0.2, 0.25) is 0 Å². The predicted octanol–water partition coefficient (Wildman–Crippen LogP) is -0.275. The highest BCUT2D eigenvalue weighted by Gasteiger charge is 2.32. The third-order valence-corrected chi connectivity index (χ3v) is 4.09. The van der Waals surface area contributed by atoms with Crippen LogP contribution in [0.3, 0.4) is 0 Å². The van der Waals surface area contributed by atoms with Crippen molar-refractivity contribution in [2.75, 3.05) is 13.7 Å². The number of methoxy groups -OCH3 is 1. The second kappa shape index (κ2) is 8.95. The first-order valence-corrected chi connectivity index (χ1v) is 7.71. The summed E-state index contributed by atoms with van der Waals surface area (Å²) >= 11 is 0. The largest absolute Gasteiger partial charge is 0.469 e. The zero-order valence-electron chi connectivity index (χ0n) is 13.8. The Balaban J connectivity index is 2.38. The molecule has 132 valence electrons. The zero-order chi connectivity index (χ0) is 17.6. The van der Waals surface area contributed by atoms with Gasteiger partial charge in [-0.2, -0.15) is 0 Å². The van der Waals surface area contributed by atoms with Gasteiger partial charge in [-0.15, -0.1) is 0 Å². The highest BCUT2D eigenvalue weighted by Crippen LogP contribution is 2.32. The summed E-state index contributed by atoms with van der Waals surface area (Å²) < 4.78 is 14.6. The lowest BCUT2D eigenvalue weighted by Gasteiger charge is -2.22. The summed E-state index contributed by atoms with van der Waals surface area (Å²) in [5.41, 5.74) is 11.1. The van der Waals surface area contributed by atoms with Gasteiger partial charge in [-0.25, -0.2) is 9.59 Å². The molecule has 0 saturated heterocycles. The molecule has 1 rings (SSSR count). The van der Waals surface area contributed by atoms with Crippen LogP contribution in [0.2, 0.25) is 0 Å². The van der Waals surface area contributed by atoms with Crippen LogP contribution in [0.5, 0.6) is 0 Å². The molecule has 1 fully saturated rings. The average Bonchev–Trinajstić information content (AvgIpc) is 2.83. The van der Waals surface area contributed by atoms with E-state index in [9.17, 15) is 14.4 Å². The van der Waals surface area contributed by atoms with Crippen LogP contribution in [0.4, 0.5) is 0 Å². The molecule has 4 N–H and O–H groups in total. The van der Waals surface area contributed by atoms with Gasteiger partial charge in [0.15, 0.2) is 0 Å². The maximum absolute atomic E-state index is 11.8. The van der Waals surface area contributed by atoms with Crippen molar-refractivity contribution in [1.82, 2.24) is 0 Å². The second-order valence-electron chi connectivity index (χ2n) is 6.06. The van der Waals surface area contributed by atoms with Gasteiger partial charge in [-0.1, -0.05) is 13.8 Å². The standard InChI is InChI=1S/C15H26N2O6/c1-8-4-5-9(2)13(8)22-7-11(17)15(20)23-14(19)10(16)6-12(18)21-3/h8-11,13H,4-7,16-17H2,1-3H3/t8?,9?,10-,11-,13?/m0/s1. The van der Waals surface area contributed by atoms with Crippen LogP contribution in [0, 0.1) is 11.8 Å². The minimum absolute atomic E-state index is 0.0301. The molecule has 0 amide bonds. The SMILES string of the molecule is COC(=O)C[C@H](N)C(=O)OC(=O)[C@@H](N)COC1C(C)CCC1C. The number of hydrogen-bond acceptors (Lipinski definition) is 8. The Morgan fingerprint density at radius 3 is 2.09 bits per heavy atom. The summed E-state index contributed by atoms with van der Waals surface area (Å²) in [5.74, 6) is -1.79. The Labute approximate surface area is 135 Å². The van der Waals surface area contributed by atoms with E-state index >= 15 is 0 Å². The van der Waals surface area contributed by atoms with Crippen LogP contribution in [0.1, 0.15) is 33.1 Å². The maximum Gasteiger partial charge on any atom is 0.333 e. The predicted molar refractivity (Wildman–Crippen MR) is 81.0 cm³/mol. The molecule has 23 heavy (non-hydrogen) atoms. The van der Waals surface area contributed by atoms with Crippen molar-refractivity contribution in [1.29, 1.82) is 0 Å². The maximum atomic E-state index is 11.8. The fourth-order valence-electron chi connectivity index (χ4n) is 2.62. The Morgan fingerprint density at radius 2 is 1.57 bits per heavy atom. The molecular formula is C15H26N2O6. The van der Waals surface area contributed by atoms with Crippen molar-refractivity contribution >= 4 is 17.9 Å². The van der Waals surface area contributed by atoms with Gasteiger partial charge in [0.25, 0.3) is 0 Å².